The second-order valence-electron chi connectivity index (χ2n) is 8.35. The number of rotatable bonds is 9. The minimum atomic E-state index is 0.854. The summed E-state index contributed by atoms with van der Waals surface area (Å²) in [6.45, 7) is 11.8. The minimum Gasteiger partial charge on any atom is -0.360 e. The second kappa shape index (κ2) is 9.52. The number of para-hydroxylation sites is 1. The van der Waals surface area contributed by atoms with Gasteiger partial charge in [0.1, 0.15) is 5.82 Å². The van der Waals surface area contributed by atoms with Crippen LogP contribution in [-0.2, 0) is 6.54 Å². The van der Waals surface area contributed by atoms with Gasteiger partial charge in [0, 0.05) is 36.4 Å². The Balaban J connectivity index is 1.69. The molecule has 0 amide bonds. The maximum absolute atomic E-state index is 5.03. The van der Waals surface area contributed by atoms with Crippen molar-refractivity contribution in [3.8, 4) is 0 Å². The SMILES string of the molecule is CCN(CC)CCCN(C)c1cc2c3ccccc3n(Cc3ccccc3)c2c(C)n1. The topological polar surface area (TPSA) is 24.3 Å². The first kappa shape index (κ1) is 21.4. The fourth-order valence-electron chi connectivity index (χ4n) is 4.56. The lowest BCUT2D eigenvalue weighted by atomic mass is 10.1. The Hall–Kier alpha value is -2.85. The van der Waals surface area contributed by atoms with E-state index in [1.165, 1.54) is 27.4 Å². The summed E-state index contributed by atoms with van der Waals surface area (Å²) >= 11 is 0. The lowest BCUT2D eigenvalue weighted by molar-refractivity contribution is 0.301. The average Bonchev–Trinajstić information content (AvgIpc) is 3.11. The van der Waals surface area contributed by atoms with Gasteiger partial charge in [0.2, 0.25) is 0 Å². The average molecular weight is 415 g/mol. The van der Waals surface area contributed by atoms with Gasteiger partial charge in [-0.1, -0.05) is 62.4 Å². The third kappa shape index (κ3) is 4.45. The van der Waals surface area contributed by atoms with Crippen molar-refractivity contribution in [2.75, 3.05) is 38.1 Å². The predicted octanol–water partition coefficient (Wildman–Crippen LogP) is 5.71. The van der Waals surface area contributed by atoms with Gasteiger partial charge in [0.15, 0.2) is 0 Å². The van der Waals surface area contributed by atoms with E-state index in [1.807, 2.05) is 0 Å². The number of aromatic nitrogens is 2. The third-order valence-corrected chi connectivity index (χ3v) is 6.35. The molecular weight excluding hydrogens is 380 g/mol. The van der Waals surface area contributed by atoms with E-state index in [0.29, 0.717) is 0 Å². The van der Waals surface area contributed by atoms with E-state index in [-0.39, 0.29) is 0 Å². The van der Waals surface area contributed by atoms with Crippen LogP contribution in [0.4, 0.5) is 5.82 Å². The fraction of sp³-hybridized carbons (Fsp3) is 0.370. The molecule has 0 saturated carbocycles. The normalized spacial score (nSPS) is 11.6. The van der Waals surface area contributed by atoms with E-state index in [9.17, 15) is 0 Å². The van der Waals surface area contributed by atoms with Crippen molar-refractivity contribution in [1.29, 1.82) is 0 Å². The molecule has 2 heterocycles. The van der Waals surface area contributed by atoms with Gasteiger partial charge < -0.3 is 14.4 Å². The highest BCUT2D eigenvalue weighted by atomic mass is 15.2. The van der Waals surface area contributed by atoms with E-state index in [2.05, 4.69) is 103 Å². The summed E-state index contributed by atoms with van der Waals surface area (Å²) in [4.78, 5) is 9.81. The molecule has 0 atom stereocenters. The highest BCUT2D eigenvalue weighted by Gasteiger charge is 2.16. The number of benzene rings is 2. The molecule has 0 aliphatic carbocycles. The first-order chi connectivity index (χ1) is 15.1. The number of anilines is 1. The molecule has 2 aromatic heterocycles. The van der Waals surface area contributed by atoms with Gasteiger partial charge in [-0.2, -0.15) is 0 Å². The molecule has 0 saturated heterocycles. The van der Waals surface area contributed by atoms with Crippen LogP contribution in [0.5, 0.6) is 0 Å². The quantitative estimate of drug-likeness (QED) is 0.350. The van der Waals surface area contributed by atoms with Gasteiger partial charge in [-0.15, -0.1) is 0 Å². The van der Waals surface area contributed by atoms with Crippen LogP contribution in [0.2, 0.25) is 0 Å². The van der Waals surface area contributed by atoms with Crippen molar-refractivity contribution in [3.05, 3.63) is 71.9 Å². The molecular formula is C27H34N4. The Labute approximate surface area is 186 Å². The Kier molecular flexibility index (Phi) is 6.57. The van der Waals surface area contributed by atoms with E-state index in [4.69, 9.17) is 4.98 Å². The Morgan fingerprint density at radius 2 is 1.58 bits per heavy atom. The van der Waals surface area contributed by atoms with Crippen LogP contribution in [0, 0.1) is 6.92 Å². The number of fused-ring (bicyclic) bond motifs is 3. The van der Waals surface area contributed by atoms with Gasteiger partial charge in [-0.3, -0.25) is 0 Å². The number of hydrogen-bond acceptors (Lipinski definition) is 3. The Morgan fingerprint density at radius 3 is 2.32 bits per heavy atom. The first-order valence-electron chi connectivity index (χ1n) is 11.5. The summed E-state index contributed by atoms with van der Waals surface area (Å²) in [5.74, 6) is 1.06. The summed E-state index contributed by atoms with van der Waals surface area (Å²) in [7, 11) is 2.17. The number of pyridine rings is 1. The van der Waals surface area contributed by atoms with E-state index in [0.717, 1.165) is 50.7 Å². The maximum Gasteiger partial charge on any atom is 0.129 e. The maximum atomic E-state index is 5.03. The van der Waals surface area contributed by atoms with Gasteiger partial charge in [-0.05, 0) is 50.7 Å². The lowest BCUT2D eigenvalue weighted by Gasteiger charge is -2.22. The molecule has 0 unspecified atom stereocenters. The molecule has 0 fully saturated rings. The van der Waals surface area contributed by atoms with Gasteiger partial charge >= 0.3 is 0 Å². The second-order valence-corrected chi connectivity index (χ2v) is 8.35. The zero-order valence-corrected chi connectivity index (χ0v) is 19.3. The minimum absolute atomic E-state index is 0.854. The molecule has 0 aliphatic rings. The van der Waals surface area contributed by atoms with Crippen LogP contribution in [0.1, 0.15) is 31.5 Å². The van der Waals surface area contributed by atoms with Gasteiger partial charge in [-0.25, -0.2) is 4.98 Å². The molecule has 0 radical (unpaired) electrons. The van der Waals surface area contributed by atoms with E-state index >= 15 is 0 Å². The molecule has 4 rings (SSSR count). The van der Waals surface area contributed by atoms with Gasteiger partial charge in [0.25, 0.3) is 0 Å². The first-order valence-corrected chi connectivity index (χ1v) is 11.5. The monoisotopic (exact) mass is 414 g/mol. The molecule has 0 bridgehead atoms. The number of aryl methyl sites for hydroxylation is 1. The third-order valence-electron chi connectivity index (χ3n) is 6.35. The Morgan fingerprint density at radius 1 is 0.871 bits per heavy atom. The fourth-order valence-corrected chi connectivity index (χ4v) is 4.56. The molecule has 31 heavy (non-hydrogen) atoms. The molecule has 162 valence electrons. The van der Waals surface area contributed by atoms with Crippen LogP contribution in [0.25, 0.3) is 21.8 Å². The summed E-state index contributed by atoms with van der Waals surface area (Å²) in [5.41, 5.74) is 4.91. The molecule has 4 heteroatoms. The van der Waals surface area contributed by atoms with Crippen molar-refractivity contribution in [2.24, 2.45) is 0 Å². The molecule has 4 aromatic rings. The summed E-state index contributed by atoms with van der Waals surface area (Å²) in [6.07, 6.45) is 1.15. The highest BCUT2D eigenvalue weighted by molar-refractivity contribution is 6.09. The number of hydrogen-bond donors (Lipinski definition) is 0. The largest absolute Gasteiger partial charge is 0.360 e. The standard InChI is InChI=1S/C27H34N4/c1-5-30(6-2)18-12-17-29(4)26-19-24-23-15-10-11-16-25(23)31(27(24)21(3)28-26)20-22-13-8-7-9-14-22/h7-11,13-16,19H,5-6,12,17-18,20H2,1-4H3. The molecule has 2 aromatic carbocycles. The smallest absolute Gasteiger partial charge is 0.129 e. The van der Waals surface area contributed by atoms with Crippen molar-refractivity contribution >= 4 is 27.6 Å². The van der Waals surface area contributed by atoms with E-state index < -0.39 is 0 Å². The van der Waals surface area contributed by atoms with Crippen molar-refractivity contribution in [1.82, 2.24) is 14.5 Å². The van der Waals surface area contributed by atoms with Crippen LogP contribution >= 0.6 is 0 Å². The molecule has 0 aliphatic heterocycles. The highest BCUT2D eigenvalue weighted by Crippen LogP contribution is 2.33. The number of nitrogens with zero attached hydrogens (tertiary/aromatic N) is 4. The van der Waals surface area contributed by atoms with Crippen molar-refractivity contribution < 1.29 is 0 Å². The Bertz CT molecular complexity index is 1140. The lowest BCUT2D eigenvalue weighted by Crippen LogP contribution is -2.28. The molecule has 0 spiro atoms. The summed E-state index contributed by atoms with van der Waals surface area (Å²) in [6, 6.07) is 21.7. The van der Waals surface area contributed by atoms with Gasteiger partial charge in [0.05, 0.1) is 11.2 Å². The van der Waals surface area contributed by atoms with Crippen LogP contribution in [0.15, 0.2) is 60.7 Å². The van der Waals surface area contributed by atoms with E-state index in [1.54, 1.807) is 0 Å². The predicted molar refractivity (Wildman–Crippen MR) is 133 cm³/mol. The van der Waals surface area contributed by atoms with Crippen LogP contribution < -0.4 is 4.90 Å². The molecule has 0 N–H and O–H groups in total. The van der Waals surface area contributed by atoms with Crippen molar-refractivity contribution in [2.45, 2.75) is 33.7 Å². The van der Waals surface area contributed by atoms with Crippen LogP contribution in [-0.4, -0.2) is 47.7 Å². The van der Waals surface area contributed by atoms with Crippen LogP contribution in [0.3, 0.4) is 0 Å². The summed E-state index contributed by atoms with van der Waals surface area (Å²) < 4.78 is 2.42. The molecule has 4 nitrogen and oxygen atoms in total. The van der Waals surface area contributed by atoms with Crippen molar-refractivity contribution in [3.63, 3.8) is 0 Å². The zero-order valence-electron chi connectivity index (χ0n) is 19.3. The summed E-state index contributed by atoms with van der Waals surface area (Å²) in [5, 5.41) is 2.60. The zero-order chi connectivity index (χ0) is 21.8.